The average molecular weight is 433 g/mol. The molecule has 0 bridgehead atoms. The summed E-state index contributed by atoms with van der Waals surface area (Å²) in [5.41, 5.74) is 5.69. The first-order valence-electron chi connectivity index (χ1n) is 10.6. The molecule has 7 nitrogen and oxygen atoms in total. The van der Waals surface area contributed by atoms with Gasteiger partial charge in [-0.15, -0.1) is 0 Å². The van der Waals surface area contributed by atoms with Gasteiger partial charge in [-0.1, -0.05) is 29.8 Å². The van der Waals surface area contributed by atoms with Crippen LogP contribution in [0.2, 0.25) is 0 Å². The van der Waals surface area contributed by atoms with Crippen LogP contribution in [-0.2, 0) is 11.8 Å². The van der Waals surface area contributed by atoms with Crippen LogP contribution in [0.1, 0.15) is 41.2 Å². The number of hydrogen-bond donors (Lipinski definition) is 1. The summed E-state index contributed by atoms with van der Waals surface area (Å²) in [5, 5.41) is 8.58. The molecule has 0 saturated carbocycles. The summed E-state index contributed by atoms with van der Waals surface area (Å²) >= 11 is 0. The van der Waals surface area contributed by atoms with Gasteiger partial charge in [0.15, 0.2) is 12.3 Å². The number of fused-ring (bicyclic) bond motifs is 1. The van der Waals surface area contributed by atoms with Crippen LogP contribution in [0, 0.1) is 27.7 Å². The molecule has 32 heavy (non-hydrogen) atoms. The topological polar surface area (TPSA) is 82.2 Å². The lowest BCUT2D eigenvalue weighted by Gasteiger charge is -2.15. The zero-order valence-electron chi connectivity index (χ0n) is 19.3. The van der Waals surface area contributed by atoms with Gasteiger partial charge < -0.3 is 14.5 Å². The van der Waals surface area contributed by atoms with Gasteiger partial charge in [-0.05, 0) is 51.8 Å². The van der Waals surface area contributed by atoms with E-state index in [1.807, 2.05) is 78.1 Å². The monoisotopic (exact) mass is 432 g/mol. The highest BCUT2D eigenvalue weighted by Gasteiger charge is 2.20. The van der Waals surface area contributed by atoms with E-state index in [9.17, 15) is 4.79 Å². The number of carbonyl (C=O) groups excluding carboxylic acids is 1. The molecule has 0 fully saturated rings. The van der Waals surface area contributed by atoms with Crippen LogP contribution in [0.25, 0.3) is 22.3 Å². The van der Waals surface area contributed by atoms with Crippen LogP contribution in [0.15, 0.2) is 40.8 Å². The third kappa shape index (κ3) is 4.23. The van der Waals surface area contributed by atoms with E-state index >= 15 is 0 Å². The summed E-state index contributed by atoms with van der Waals surface area (Å²) in [6.45, 7) is 9.72. The molecule has 3 heterocycles. The van der Waals surface area contributed by atoms with Crippen molar-refractivity contribution in [3.05, 3.63) is 64.6 Å². The molecule has 166 valence electrons. The summed E-state index contributed by atoms with van der Waals surface area (Å²) in [6.07, 6.45) is 0. The zero-order valence-corrected chi connectivity index (χ0v) is 19.3. The highest BCUT2D eigenvalue weighted by molar-refractivity contribution is 5.94. The molecule has 0 radical (unpaired) electrons. The second-order valence-electron chi connectivity index (χ2n) is 8.26. The van der Waals surface area contributed by atoms with Gasteiger partial charge in [0.1, 0.15) is 17.2 Å². The molecular weight excluding hydrogens is 404 g/mol. The fourth-order valence-corrected chi connectivity index (χ4v) is 3.89. The Labute approximate surface area is 187 Å². The first kappa shape index (κ1) is 21.6. The van der Waals surface area contributed by atoms with E-state index in [-0.39, 0.29) is 18.6 Å². The molecule has 1 N–H and O–H groups in total. The van der Waals surface area contributed by atoms with E-state index in [0.29, 0.717) is 11.5 Å². The second kappa shape index (κ2) is 8.49. The highest BCUT2D eigenvalue weighted by Crippen LogP contribution is 2.34. The standard InChI is InChI=1S/C25H28N4O3/c1-14-7-9-19(10-8-14)17(4)26-21(30)13-31-22-11-15(2)23-24(28-29(6)25(23)27-22)20-12-16(3)32-18(20)5/h7-12,17H,13H2,1-6H3,(H,26,30). The van der Waals surface area contributed by atoms with Crippen LogP contribution in [0.5, 0.6) is 5.88 Å². The minimum absolute atomic E-state index is 0.106. The maximum Gasteiger partial charge on any atom is 0.258 e. The van der Waals surface area contributed by atoms with Crippen molar-refractivity contribution in [2.45, 2.75) is 40.7 Å². The number of aryl methyl sites for hydroxylation is 5. The molecule has 0 saturated heterocycles. The number of furan rings is 1. The number of carbonyl (C=O) groups is 1. The number of ether oxygens (including phenoxy) is 1. The molecule has 1 amide bonds. The smallest absolute Gasteiger partial charge is 0.258 e. The molecule has 4 rings (SSSR count). The van der Waals surface area contributed by atoms with E-state index in [4.69, 9.17) is 9.15 Å². The Morgan fingerprint density at radius 2 is 1.88 bits per heavy atom. The van der Waals surface area contributed by atoms with Gasteiger partial charge in [0.05, 0.1) is 11.4 Å². The molecule has 1 unspecified atom stereocenters. The summed E-state index contributed by atoms with van der Waals surface area (Å²) in [6, 6.07) is 11.8. The number of rotatable bonds is 6. The SMILES string of the molecule is Cc1ccc(C(C)NC(=O)COc2cc(C)c3c(-c4cc(C)oc4C)nn(C)c3n2)cc1. The van der Waals surface area contributed by atoms with Crippen molar-refractivity contribution in [1.29, 1.82) is 0 Å². The summed E-state index contributed by atoms with van der Waals surface area (Å²) < 4.78 is 13.1. The molecule has 0 aliphatic carbocycles. The third-order valence-corrected chi connectivity index (χ3v) is 5.57. The Bertz CT molecular complexity index is 1290. The minimum atomic E-state index is -0.201. The molecule has 0 aliphatic heterocycles. The number of benzene rings is 1. The quantitative estimate of drug-likeness (QED) is 0.477. The van der Waals surface area contributed by atoms with Gasteiger partial charge in [-0.2, -0.15) is 10.1 Å². The van der Waals surface area contributed by atoms with Crippen molar-refractivity contribution in [2.24, 2.45) is 7.05 Å². The first-order valence-corrected chi connectivity index (χ1v) is 10.6. The van der Waals surface area contributed by atoms with E-state index < -0.39 is 0 Å². The van der Waals surface area contributed by atoms with E-state index in [2.05, 4.69) is 15.4 Å². The summed E-state index contributed by atoms with van der Waals surface area (Å²) in [4.78, 5) is 17.0. The number of amides is 1. The first-order chi connectivity index (χ1) is 15.2. The van der Waals surface area contributed by atoms with Gasteiger partial charge >= 0.3 is 0 Å². The van der Waals surface area contributed by atoms with Gasteiger partial charge in [-0.3, -0.25) is 4.79 Å². The van der Waals surface area contributed by atoms with Gasteiger partial charge in [0.25, 0.3) is 5.91 Å². The lowest BCUT2D eigenvalue weighted by molar-refractivity contribution is -0.123. The predicted octanol–water partition coefficient (Wildman–Crippen LogP) is 4.72. The maximum atomic E-state index is 12.4. The Morgan fingerprint density at radius 3 is 2.53 bits per heavy atom. The Kier molecular flexibility index (Phi) is 5.74. The van der Waals surface area contributed by atoms with E-state index in [1.165, 1.54) is 5.56 Å². The van der Waals surface area contributed by atoms with Crippen molar-refractivity contribution in [3.8, 4) is 17.1 Å². The average Bonchev–Trinajstić information content (AvgIpc) is 3.25. The van der Waals surface area contributed by atoms with Crippen LogP contribution in [0.4, 0.5) is 0 Å². The normalized spacial score (nSPS) is 12.2. The molecule has 3 aromatic heterocycles. The van der Waals surface area contributed by atoms with Crippen molar-refractivity contribution in [1.82, 2.24) is 20.1 Å². The zero-order chi connectivity index (χ0) is 23.0. The number of aromatic nitrogens is 3. The van der Waals surface area contributed by atoms with Crippen LogP contribution < -0.4 is 10.1 Å². The van der Waals surface area contributed by atoms with E-state index in [1.54, 1.807) is 4.68 Å². The molecule has 1 atom stereocenters. The Hall–Kier alpha value is -3.61. The van der Waals surface area contributed by atoms with Crippen LogP contribution in [0.3, 0.4) is 0 Å². The lowest BCUT2D eigenvalue weighted by Crippen LogP contribution is -2.31. The molecule has 4 aromatic rings. The highest BCUT2D eigenvalue weighted by atomic mass is 16.5. The maximum absolute atomic E-state index is 12.4. The van der Waals surface area contributed by atoms with Crippen molar-refractivity contribution in [2.75, 3.05) is 6.61 Å². The van der Waals surface area contributed by atoms with Gasteiger partial charge in [0, 0.05) is 18.7 Å². The second-order valence-corrected chi connectivity index (χ2v) is 8.26. The van der Waals surface area contributed by atoms with E-state index in [0.717, 1.165) is 39.3 Å². The number of nitrogens with zero attached hydrogens (tertiary/aromatic N) is 3. The van der Waals surface area contributed by atoms with Gasteiger partial charge in [0.2, 0.25) is 5.88 Å². The van der Waals surface area contributed by atoms with Crippen molar-refractivity contribution in [3.63, 3.8) is 0 Å². The Balaban J connectivity index is 1.50. The molecule has 0 aliphatic rings. The minimum Gasteiger partial charge on any atom is -0.468 e. The lowest BCUT2D eigenvalue weighted by atomic mass is 10.1. The number of nitrogens with one attached hydrogen (secondary N) is 1. The summed E-state index contributed by atoms with van der Waals surface area (Å²) in [7, 11) is 1.85. The molecule has 0 spiro atoms. The Morgan fingerprint density at radius 1 is 1.16 bits per heavy atom. The molecular formula is C25H28N4O3. The number of hydrogen-bond acceptors (Lipinski definition) is 5. The summed E-state index contributed by atoms with van der Waals surface area (Å²) in [5.74, 6) is 1.85. The molecule has 1 aromatic carbocycles. The number of pyridine rings is 1. The van der Waals surface area contributed by atoms with Crippen molar-refractivity contribution >= 4 is 16.9 Å². The fraction of sp³-hybridized carbons (Fsp3) is 0.320. The predicted molar refractivity (Wildman–Crippen MR) is 124 cm³/mol. The largest absolute Gasteiger partial charge is 0.468 e. The fourth-order valence-electron chi connectivity index (χ4n) is 3.89. The van der Waals surface area contributed by atoms with Crippen LogP contribution >= 0.6 is 0 Å². The van der Waals surface area contributed by atoms with Crippen molar-refractivity contribution < 1.29 is 13.9 Å². The van der Waals surface area contributed by atoms with Gasteiger partial charge in [-0.25, -0.2) is 4.68 Å². The molecule has 7 heteroatoms. The van der Waals surface area contributed by atoms with Crippen LogP contribution in [-0.4, -0.2) is 27.3 Å². The third-order valence-electron chi connectivity index (χ3n) is 5.57.